The molecule has 3 heterocycles. The molecule has 4 aromatic rings. The van der Waals surface area contributed by atoms with Crippen LogP contribution in [0.15, 0.2) is 60.0 Å². The van der Waals surface area contributed by atoms with Gasteiger partial charge in [0.15, 0.2) is 18.0 Å². The van der Waals surface area contributed by atoms with E-state index >= 15 is 0 Å². The lowest BCUT2D eigenvalue weighted by Gasteiger charge is -2.39. The fourth-order valence-corrected chi connectivity index (χ4v) is 5.36. The lowest BCUT2D eigenvalue weighted by Crippen LogP contribution is -2.40. The number of anilines is 1. The molecule has 0 aliphatic heterocycles. The summed E-state index contributed by atoms with van der Waals surface area (Å²) in [7, 11) is 0. The first-order valence-electron chi connectivity index (χ1n) is 11.4. The van der Waals surface area contributed by atoms with E-state index in [9.17, 15) is 14.0 Å². The fraction of sp³-hybridized carbons (Fsp3) is 0.280. The molecule has 5 rings (SSSR count). The zero-order valence-electron chi connectivity index (χ0n) is 19.1. The summed E-state index contributed by atoms with van der Waals surface area (Å²) in [6.45, 7) is 6.77. The van der Waals surface area contributed by atoms with Crippen molar-refractivity contribution in [2.45, 2.75) is 25.8 Å². The Kier molecular flexibility index (Phi) is 6.21. The quantitative estimate of drug-likeness (QED) is 0.344. The molecule has 0 saturated heterocycles. The maximum Gasteiger partial charge on any atom is 0.268 e. The third-order valence-electron chi connectivity index (χ3n) is 6.32. The number of para-hydroxylation sites is 1. The summed E-state index contributed by atoms with van der Waals surface area (Å²) in [5.74, 6) is 0.343. The molecular weight excluding hydrogens is 469 g/mol. The van der Waals surface area contributed by atoms with Crippen molar-refractivity contribution in [2.75, 3.05) is 18.4 Å². The highest BCUT2D eigenvalue weighted by Gasteiger charge is 2.35. The number of nitrogens with zero attached hydrogens (tertiary/aromatic N) is 4. The predicted octanol–water partition coefficient (Wildman–Crippen LogP) is 5.13. The summed E-state index contributed by atoms with van der Waals surface area (Å²) >= 11 is 1.27. The van der Waals surface area contributed by atoms with Gasteiger partial charge in [-0.15, -0.1) is 11.3 Å². The summed E-state index contributed by atoms with van der Waals surface area (Å²) < 4.78 is 21.8. The molecule has 1 fully saturated rings. The molecule has 0 bridgehead atoms. The number of benzene rings is 1. The topological polar surface area (TPSA) is 93.3 Å². The number of hydrogen-bond acceptors (Lipinski definition) is 6. The molecule has 0 spiro atoms. The first kappa shape index (κ1) is 23.0. The summed E-state index contributed by atoms with van der Waals surface area (Å²) in [6, 6.07) is 8.35. The summed E-state index contributed by atoms with van der Waals surface area (Å²) in [6.07, 6.45) is 5.84. The Balaban J connectivity index is 1.38. The van der Waals surface area contributed by atoms with E-state index in [1.807, 2.05) is 11.5 Å². The molecule has 0 atom stereocenters. The third kappa shape index (κ3) is 4.37. The second-order valence-electron chi connectivity index (χ2n) is 8.47. The van der Waals surface area contributed by atoms with Crippen molar-refractivity contribution >= 4 is 40.1 Å². The molecule has 1 saturated carbocycles. The van der Waals surface area contributed by atoms with Crippen molar-refractivity contribution in [3.63, 3.8) is 0 Å². The number of fused-ring (bicyclic) bond motifs is 1. The molecule has 2 amide bonds. The average Bonchev–Trinajstić information content (AvgIpc) is 3.58. The molecule has 0 radical (unpaired) electrons. The largest absolute Gasteiger partial charge is 0.443 e. The van der Waals surface area contributed by atoms with Gasteiger partial charge in [0.05, 0.1) is 21.5 Å². The van der Waals surface area contributed by atoms with E-state index in [1.54, 1.807) is 35.4 Å². The minimum absolute atomic E-state index is 0.0349. The molecule has 3 aromatic heterocycles. The van der Waals surface area contributed by atoms with Crippen molar-refractivity contribution in [3.05, 3.63) is 66.3 Å². The van der Waals surface area contributed by atoms with E-state index in [0.717, 1.165) is 17.7 Å². The fourth-order valence-electron chi connectivity index (χ4n) is 4.51. The van der Waals surface area contributed by atoms with Crippen LogP contribution in [-0.2, 0) is 4.79 Å². The maximum absolute atomic E-state index is 14.6. The zero-order chi connectivity index (χ0) is 24.5. The van der Waals surface area contributed by atoms with Crippen LogP contribution in [0.3, 0.4) is 0 Å². The van der Waals surface area contributed by atoms with Gasteiger partial charge in [0.25, 0.3) is 5.91 Å². The van der Waals surface area contributed by atoms with Gasteiger partial charge in [-0.3, -0.25) is 14.9 Å². The second-order valence-corrected chi connectivity index (χ2v) is 9.55. The van der Waals surface area contributed by atoms with Gasteiger partial charge < -0.3 is 13.9 Å². The molecule has 1 aliphatic carbocycles. The van der Waals surface area contributed by atoms with E-state index in [4.69, 9.17) is 4.42 Å². The van der Waals surface area contributed by atoms with Crippen LogP contribution in [0.2, 0.25) is 0 Å². The second kappa shape index (κ2) is 9.46. The first-order valence-corrected chi connectivity index (χ1v) is 12.2. The molecule has 0 unspecified atom stereocenters. The van der Waals surface area contributed by atoms with Crippen LogP contribution in [0.4, 0.5) is 10.3 Å². The standard InChI is InChI=1S/C25H24FN5O3S/c1-3-22(32)30(4-2)13-15-10-16(11-15)31-18-7-5-6-17(26)23(18)28-25(31)29-24(33)21-9-8-20(35-21)19-12-27-14-34-19/h3,5-9,12,14-16H,1,4,10-11,13H2,2H3,(H,28,29,33)/t15-,16+. The molecule has 1 N–H and O–H groups in total. The third-order valence-corrected chi connectivity index (χ3v) is 7.42. The molecule has 8 nitrogen and oxygen atoms in total. The van der Waals surface area contributed by atoms with Crippen molar-refractivity contribution < 1.29 is 18.4 Å². The number of hydrogen-bond donors (Lipinski definition) is 1. The number of aromatic nitrogens is 3. The molecule has 35 heavy (non-hydrogen) atoms. The van der Waals surface area contributed by atoms with Gasteiger partial charge in [0.1, 0.15) is 5.52 Å². The van der Waals surface area contributed by atoms with E-state index in [0.29, 0.717) is 41.1 Å². The lowest BCUT2D eigenvalue weighted by atomic mass is 9.79. The number of halogens is 1. The molecule has 1 aromatic carbocycles. The summed E-state index contributed by atoms with van der Waals surface area (Å²) in [5, 5.41) is 2.88. The highest BCUT2D eigenvalue weighted by atomic mass is 32.1. The first-order chi connectivity index (χ1) is 17.0. The van der Waals surface area contributed by atoms with Crippen LogP contribution < -0.4 is 5.32 Å². The Morgan fingerprint density at radius 2 is 2.17 bits per heavy atom. The number of carbonyl (C=O) groups is 2. The van der Waals surface area contributed by atoms with Gasteiger partial charge in [0, 0.05) is 19.1 Å². The monoisotopic (exact) mass is 493 g/mol. The van der Waals surface area contributed by atoms with Gasteiger partial charge in [0.2, 0.25) is 11.9 Å². The molecular formula is C25H24FN5O3S. The average molecular weight is 494 g/mol. The molecule has 180 valence electrons. The normalized spacial score (nSPS) is 17.2. The number of rotatable bonds is 8. The Hall–Kier alpha value is -3.79. The maximum atomic E-state index is 14.6. The van der Waals surface area contributed by atoms with Crippen LogP contribution in [-0.4, -0.2) is 44.3 Å². The summed E-state index contributed by atoms with van der Waals surface area (Å²) in [4.78, 5) is 36.4. The number of imidazole rings is 1. The van der Waals surface area contributed by atoms with Crippen LogP contribution in [0.5, 0.6) is 0 Å². The van der Waals surface area contributed by atoms with Crippen LogP contribution in [0.1, 0.15) is 35.5 Å². The van der Waals surface area contributed by atoms with E-state index < -0.39 is 5.82 Å². The number of nitrogens with one attached hydrogen (secondary N) is 1. The van der Waals surface area contributed by atoms with E-state index in [-0.39, 0.29) is 23.4 Å². The van der Waals surface area contributed by atoms with Gasteiger partial charge in [-0.2, -0.15) is 0 Å². The van der Waals surface area contributed by atoms with Gasteiger partial charge >= 0.3 is 0 Å². The predicted molar refractivity (Wildman–Crippen MR) is 132 cm³/mol. The van der Waals surface area contributed by atoms with Crippen molar-refractivity contribution in [1.29, 1.82) is 0 Å². The van der Waals surface area contributed by atoms with Crippen molar-refractivity contribution in [3.8, 4) is 10.6 Å². The van der Waals surface area contributed by atoms with Crippen molar-refractivity contribution in [2.24, 2.45) is 5.92 Å². The smallest absolute Gasteiger partial charge is 0.268 e. The number of thiophene rings is 1. The Morgan fingerprint density at radius 3 is 2.89 bits per heavy atom. The number of likely N-dealkylation sites (N-methyl/N-ethyl adjacent to an activating group) is 1. The van der Waals surface area contributed by atoms with E-state index in [2.05, 4.69) is 21.9 Å². The van der Waals surface area contributed by atoms with E-state index in [1.165, 1.54) is 29.9 Å². The van der Waals surface area contributed by atoms with Gasteiger partial charge in [-0.05, 0) is 56.0 Å². The molecule has 10 heteroatoms. The van der Waals surface area contributed by atoms with Crippen LogP contribution >= 0.6 is 11.3 Å². The summed E-state index contributed by atoms with van der Waals surface area (Å²) in [5.41, 5.74) is 0.851. The minimum atomic E-state index is -0.440. The Bertz CT molecular complexity index is 1390. The SMILES string of the molecule is C=CC(=O)N(CC)C[C@H]1C[C@@H](n2c(NC(=O)c3ccc(-c4cnco4)s3)nc3c(F)cccc32)C1. The van der Waals surface area contributed by atoms with Crippen LogP contribution in [0, 0.1) is 11.7 Å². The number of oxazole rings is 1. The van der Waals surface area contributed by atoms with Gasteiger partial charge in [-0.1, -0.05) is 12.6 Å². The Morgan fingerprint density at radius 1 is 1.34 bits per heavy atom. The number of carbonyl (C=O) groups excluding carboxylic acids is 2. The Labute approximate surface area is 205 Å². The molecule has 1 aliphatic rings. The highest BCUT2D eigenvalue weighted by Crippen LogP contribution is 2.42. The number of amides is 2. The van der Waals surface area contributed by atoms with Crippen LogP contribution in [0.25, 0.3) is 21.7 Å². The van der Waals surface area contributed by atoms with Gasteiger partial charge in [-0.25, -0.2) is 14.4 Å². The highest BCUT2D eigenvalue weighted by molar-refractivity contribution is 7.17. The lowest BCUT2D eigenvalue weighted by molar-refractivity contribution is -0.127. The van der Waals surface area contributed by atoms with Crippen molar-refractivity contribution in [1.82, 2.24) is 19.4 Å². The minimum Gasteiger partial charge on any atom is -0.443 e. The zero-order valence-corrected chi connectivity index (χ0v) is 19.9.